The Morgan fingerprint density at radius 1 is 1.45 bits per heavy atom. The van der Waals surface area contributed by atoms with Crippen LogP contribution in [0.3, 0.4) is 0 Å². The number of rotatable bonds is 3. The van der Waals surface area contributed by atoms with Crippen molar-refractivity contribution in [2.75, 3.05) is 18.4 Å². The highest BCUT2D eigenvalue weighted by molar-refractivity contribution is 5.67. The second-order valence-corrected chi connectivity index (χ2v) is 6.02. The van der Waals surface area contributed by atoms with Crippen molar-refractivity contribution in [2.45, 2.75) is 45.6 Å². The summed E-state index contributed by atoms with van der Waals surface area (Å²) in [6.07, 6.45) is 2.57. The average molecular weight is 277 g/mol. The van der Waals surface area contributed by atoms with E-state index in [2.05, 4.69) is 21.7 Å². The Morgan fingerprint density at radius 2 is 2.25 bits per heavy atom. The number of aryl methyl sites for hydroxylation is 1. The maximum atomic E-state index is 11.5. The Morgan fingerprint density at radius 3 is 3.00 bits per heavy atom. The highest BCUT2D eigenvalue weighted by Crippen LogP contribution is 2.19. The molecule has 1 aromatic heterocycles. The van der Waals surface area contributed by atoms with E-state index in [1.807, 2.05) is 26.8 Å². The van der Waals surface area contributed by atoms with E-state index in [0.29, 0.717) is 13.0 Å². The fourth-order valence-corrected chi connectivity index (χ4v) is 2.11. The van der Waals surface area contributed by atoms with Crippen LogP contribution in [0.5, 0.6) is 0 Å². The van der Waals surface area contributed by atoms with E-state index in [0.717, 1.165) is 30.9 Å². The summed E-state index contributed by atoms with van der Waals surface area (Å²) in [6, 6.07) is 4.15. The Bertz CT molecular complexity index is 480. The third-order valence-electron chi connectivity index (χ3n) is 3.00. The molecule has 2 heterocycles. The largest absolute Gasteiger partial charge is 0.444 e. The minimum atomic E-state index is -0.460. The van der Waals surface area contributed by atoms with Gasteiger partial charge in [-0.2, -0.15) is 0 Å². The molecule has 20 heavy (non-hydrogen) atoms. The minimum Gasteiger partial charge on any atom is -0.444 e. The van der Waals surface area contributed by atoms with Crippen molar-refractivity contribution in [1.82, 2.24) is 10.3 Å². The van der Waals surface area contributed by atoms with Crippen molar-refractivity contribution < 1.29 is 9.53 Å². The lowest BCUT2D eigenvalue weighted by Crippen LogP contribution is -2.33. The van der Waals surface area contributed by atoms with Gasteiger partial charge in [0.05, 0.1) is 0 Å². The summed E-state index contributed by atoms with van der Waals surface area (Å²) in [6.45, 7) is 7.07. The molecule has 110 valence electrons. The van der Waals surface area contributed by atoms with Crippen molar-refractivity contribution >= 4 is 11.9 Å². The predicted molar refractivity (Wildman–Crippen MR) is 79.0 cm³/mol. The zero-order chi connectivity index (χ0) is 14.6. The average Bonchev–Trinajstić information content (AvgIpc) is 2.36. The Labute approximate surface area is 120 Å². The molecule has 0 saturated carbocycles. The van der Waals surface area contributed by atoms with Gasteiger partial charge in [0.15, 0.2) is 0 Å². The molecule has 1 amide bonds. The summed E-state index contributed by atoms with van der Waals surface area (Å²) in [5.41, 5.74) is 1.80. The molecule has 2 N–H and O–H groups in total. The monoisotopic (exact) mass is 277 g/mol. The third-order valence-corrected chi connectivity index (χ3v) is 3.00. The first-order valence-corrected chi connectivity index (χ1v) is 7.13. The van der Waals surface area contributed by atoms with E-state index in [1.54, 1.807) is 0 Å². The SMILES string of the molecule is CC(C)(C)OC(=O)NCCc1ccc2c(n1)NCCC2. The van der Waals surface area contributed by atoms with Crippen LogP contribution in [0.2, 0.25) is 0 Å². The molecule has 0 saturated heterocycles. The standard InChI is InChI=1S/C15H23N3O2/c1-15(2,3)20-14(19)17-10-8-12-7-6-11-5-4-9-16-13(11)18-12/h6-7H,4-5,8-10H2,1-3H3,(H,16,18)(H,17,19). The second-order valence-electron chi connectivity index (χ2n) is 6.02. The molecule has 0 aromatic carbocycles. The molecule has 0 aliphatic carbocycles. The van der Waals surface area contributed by atoms with Crippen molar-refractivity contribution in [3.8, 4) is 0 Å². The Balaban J connectivity index is 1.81. The van der Waals surface area contributed by atoms with Crippen LogP contribution >= 0.6 is 0 Å². The van der Waals surface area contributed by atoms with Crippen LogP contribution in [0.25, 0.3) is 0 Å². The lowest BCUT2D eigenvalue weighted by Gasteiger charge is -2.20. The zero-order valence-electron chi connectivity index (χ0n) is 12.5. The highest BCUT2D eigenvalue weighted by atomic mass is 16.6. The smallest absolute Gasteiger partial charge is 0.407 e. The Hall–Kier alpha value is -1.78. The van der Waals surface area contributed by atoms with Crippen LogP contribution in [0.4, 0.5) is 10.6 Å². The van der Waals surface area contributed by atoms with Crippen molar-refractivity contribution in [1.29, 1.82) is 0 Å². The molecular formula is C15H23N3O2. The summed E-state index contributed by atoms with van der Waals surface area (Å²) in [7, 11) is 0. The van der Waals surface area contributed by atoms with Gasteiger partial charge in [0, 0.05) is 25.2 Å². The second kappa shape index (κ2) is 6.11. The lowest BCUT2D eigenvalue weighted by atomic mass is 10.1. The molecule has 0 radical (unpaired) electrons. The molecule has 5 nitrogen and oxygen atoms in total. The fourth-order valence-electron chi connectivity index (χ4n) is 2.11. The molecule has 0 unspecified atom stereocenters. The third kappa shape index (κ3) is 4.40. The number of ether oxygens (including phenoxy) is 1. The summed E-state index contributed by atoms with van der Waals surface area (Å²) < 4.78 is 5.18. The molecule has 0 atom stereocenters. The van der Waals surface area contributed by atoms with E-state index in [9.17, 15) is 4.79 Å². The molecule has 1 aliphatic heterocycles. The van der Waals surface area contributed by atoms with Crippen LogP contribution in [0.15, 0.2) is 12.1 Å². The van der Waals surface area contributed by atoms with Crippen LogP contribution in [-0.2, 0) is 17.6 Å². The van der Waals surface area contributed by atoms with Gasteiger partial charge in [0.1, 0.15) is 11.4 Å². The van der Waals surface area contributed by atoms with Gasteiger partial charge in [0.2, 0.25) is 0 Å². The lowest BCUT2D eigenvalue weighted by molar-refractivity contribution is 0.0528. The number of amides is 1. The number of pyridine rings is 1. The number of alkyl carbamates (subject to hydrolysis) is 1. The molecule has 0 bridgehead atoms. The number of anilines is 1. The van der Waals surface area contributed by atoms with Crippen molar-refractivity contribution in [2.24, 2.45) is 0 Å². The maximum absolute atomic E-state index is 11.5. The number of carbonyl (C=O) groups is 1. The number of hydrogen-bond acceptors (Lipinski definition) is 4. The molecular weight excluding hydrogens is 254 g/mol. The van der Waals surface area contributed by atoms with Gasteiger partial charge in [-0.25, -0.2) is 9.78 Å². The van der Waals surface area contributed by atoms with E-state index in [1.165, 1.54) is 5.56 Å². The first-order chi connectivity index (χ1) is 9.44. The summed E-state index contributed by atoms with van der Waals surface area (Å²) in [5.74, 6) is 0.992. The van der Waals surface area contributed by atoms with E-state index >= 15 is 0 Å². The van der Waals surface area contributed by atoms with E-state index in [4.69, 9.17) is 4.74 Å². The molecule has 0 spiro atoms. The first-order valence-electron chi connectivity index (χ1n) is 7.13. The minimum absolute atomic E-state index is 0.381. The van der Waals surface area contributed by atoms with Gasteiger partial charge in [-0.15, -0.1) is 0 Å². The fraction of sp³-hybridized carbons (Fsp3) is 0.600. The first kappa shape index (κ1) is 14.6. The topological polar surface area (TPSA) is 63.2 Å². The summed E-state index contributed by atoms with van der Waals surface area (Å²) >= 11 is 0. The van der Waals surface area contributed by atoms with Crippen LogP contribution in [0.1, 0.15) is 38.4 Å². The van der Waals surface area contributed by atoms with Gasteiger partial charge >= 0.3 is 6.09 Å². The van der Waals surface area contributed by atoms with Gasteiger partial charge in [-0.3, -0.25) is 0 Å². The van der Waals surface area contributed by atoms with Gasteiger partial charge in [0.25, 0.3) is 0 Å². The number of aromatic nitrogens is 1. The van der Waals surface area contributed by atoms with Crippen LogP contribution in [0, 0.1) is 0 Å². The highest BCUT2D eigenvalue weighted by Gasteiger charge is 2.15. The number of nitrogens with zero attached hydrogens (tertiary/aromatic N) is 1. The quantitative estimate of drug-likeness (QED) is 0.891. The Kier molecular flexibility index (Phi) is 4.47. The molecule has 1 aromatic rings. The molecule has 1 aliphatic rings. The molecule has 2 rings (SSSR count). The van der Waals surface area contributed by atoms with Crippen molar-refractivity contribution in [3.05, 3.63) is 23.4 Å². The number of fused-ring (bicyclic) bond motifs is 1. The van der Waals surface area contributed by atoms with Gasteiger partial charge in [-0.1, -0.05) is 6.07 Å². The van der Waals surface area contributed by atoms with Crippen LogP contribution in [-0.4, -0.2) is 29.8 Å². The summed E-state index contributed by atoms with van der Waals surface area (Å²) in [4.78, 5) is 16.1. The van der Waals surface area contributed by atoms with Gasteiger partial charge in [-0.05, 0) is 45.2 Å². The van der Waals surface area contributed by atoms with E-state index in [-0.39, 0.29) is 6.09 Å². The maximum Gasteiger partial charge on any atom is 0.407 e. The van der Waals surface area contributed by atoms with E-state index < -0.39 is 5.60 Å². The number of nitrogens with one attached hydrogen (secondary N) is 2. The zero-order valence-corrected chi connectivity index (χ0v) is 12.5. The molecule has 0 fully saturated rings. The normalized spacial score (nSPS) is 14.2. The molecule has 5 heteroatoms. The predicted octanol–water partition coefficient (Wildman–Crippen LogP) is 2.51. The van der Waals surface area contributed by atoms with Crippen LogP contribution < -0.4 is 10.6 Å². The number of hydrogen-bond donors (Lipinski definition) is 2. The van der Waals surface area contributed by atoms with Gasteiger partial charge < -0.3 is 15.4 Å². The van der Waals surface area contributed by atoms with Crippen molar-refractivity contribution in [3.63, 3.8) is 0 Å². The number of carbonyl (C=O) groups excluding carboxylic acids is 1. The summed E-state index contributed by atoms with van der Waals surface area (Å²) in [5, 5.41) is 6.06.